The molecule has 2 bridgehead atoms. The maximum Gasteiger partial charge on any atom is 0.329 e. The molecule has 19 nitrogen and oxygen atoms in total. The molecule has 1 aliphatic carbocycles. The zero-order valence-electron chi connectivity index (χ0n) is 47.3. The van der Waals surface area contributed by atoms with Gasteiger partial charge in [-0.1, -0.05) is 71.1 Å². The lowest BCUT2D eigenvalue weighted by molar-refractivity contribution is -0.265. The number of rotatable bonds is 9. The quantitative estimate of drug-likeness (QED) is 0.107. The Bertz CT molecular complexity index is 2180. The van der Waals surface area contributed by atoms with Crippen molar-refractivity contribution in [2.45, 2.75) is 180 Å². The molecule has 3 heterocycles. The van der Waals surface area contributed by atoms with Crippen LogP contribution in [0.4, 0.5) is 0 Å². The van der Waals surface area contributed by atoms with E-state index in [1.807, 2.05) is 58.1 Å². The molecule has 0 aromatic heterocycles. The van der Waals surface area contributed by atoms with Crippen LogP contribution < -0.4 is 0 Å². The first-order valence-corrected chi connectivity index (χ1v) is 28.6. The second-order valence-electron chi connectivity index (χ2n) is 22.0. The number of cyclic esters (lactones) is 1. The van der Waals surface area contributed by atoms with Crippen LogP contribution in [0.2, 0.25) is 0 Å². The summed E-state index contributed by atoms with van der Waals surface area (Å²) in [6.07, 6.45) is 11.7. The molecule has 15 atom stereocenters. The van der Waals surface area contributed by atoms with Crippen LogP contribution in [0.1, 0.15) is 126 Å². The number of carbonyl (C=O) groups is 6. The zero-order chi connectivity index (χ0) is 57.2. The van der Waals surface area contributed by atoms with Gasteiger partial charge in [0, 0.05) is 58.5 Å². The summed E-state index contributed by atoms with van der Waals surface area (Å²) in [6, 6.07) is -1.17. The maximum absolute atomic E-state index is 14.5. The minimum atomic E-state index is -3.67. The van der Waals surface area contributed by atoms with Crippen LogP contribution in [0.25, 0.3) is 0 Å². The summed E-state index contributed by atoms with van der Waals surface area (Å²) in [5, 5.41) is 22.6. The molecule has 4 rings (SSSR count). The first-order valence-electron chi connectivity index (χ1n) is 26.8. The molecule has 14 unspecified atom stereocenters. The van der Waals surface area contributed by atoms with Gasteiger partial charge in [0.05, 0.1) is 37.2 Å². The van der Waals surface area contributed by atoms with Gasteiger partial charge in [-0.25, -0.2) is 4.79 Å². The third kappa shape index (κ3) is 20.3. The van der Waals surface area contributed by atoms with Gasteiger partial charge in [-0.2, -0.15) is 8.42 Å². The molecule has 1 saturated carbocycles. The van der Waals surface area contributed by atoms with Crippen molar-refractivity contribution in [1.82, 2.24) is 9.80 Å². The molecule has 76 heavy (non-hydrogen) atoms. The second-order valence-corrected chi connectivity index (χ2v) is 23.5. The van der Waals surface area contributed by atoms with Gasteiger partial charge in [0.25, 0.3) is 21.8 Å². The van der Waals surface area contributed by atoms with E-state index in [0.717, 1.165) is 5.57 Å². The van der Waals surface area contributed by atoms with Crippen LogP contribution in [0.5, 0.6) is 0 Å². The van der Waals surface area contributed by atoms with Crippen LogP contribution >= 0.6 is 0 Å². The van der Waals surface area contributed by atoms with Crippen LogP contribution in [0.3, 0.4) is 0 Å². The molecule has 0 aromatic carbocycles. The Labute approximate surface area is 451 Å². The molecule has 3 aliphatic heterocycles. The maximum atomic E-state index is 14.5. The third-order valence-electron chi connectivity index (χ3n) is 15.2. The molecule has 3 N–H and O–H groups in total. The van der Waals surface area contributed by atoms with Crippen LogP contribution in [-0.2, 0) is 67.3 Å². The number of esters is 2. The number of likely N-dealkylation sites (N-methyl/N-ethyl adjacent to an activating group) is 1. The number of ketones is 3. The molecule has 1 amide bonds. The van der Waals surface area contributed by atoms with Crippen LogP contribution in [-0.4, -0.2) is 178 Å². The average Bonchev–Trinajstić information content (AvgIpc) is 3.34. The lowest BCUT2D eigenvalue weighted by atomic mass is 9.78. The lowest BCUT2D eigenvalue weighted by Crippen LogP contribution is -2.61. The highest BCUT2D eigenvalue weighted by Crippen LogP contribution is 2.38. The zero-order valence-corrected chi connectivity index (χ0v) is 48.1. The number of piperidine rings is 1. The van der Waals surface area contributed by atoms with Crippen molar-refractivity contribution in [1.29, 1.82) is 0 Å². The van der Waals surface area contributed by atoms with Crippen molar-refractivity contribution in [3.05, 3.63) is 47.6 Å². The number of allylic oxidation sites excluding steroid dienone is 6. The number of fused-ring (bicyclic) bond motifs is 3. The fourth-order valence-corrected chi connectivity index (χ4v) is 10.7. The first-order chi connectivity index (χ1) is 35.5. The molecule has 20 heteroatoms. The van der Waals surface area contributed by atoms with E-state index >= 15 is 0 Å². The Hall–Kier alpha value is -3.99. The second kappa shape index (κ2) is 31.0. The Morgan fingerprint density at radius 3 is 2.17 bits per heavy atom. The Kier molecular flexibility index (Phi) is 27.0. The van der Waals surface area contributed by atoms with Gasteiger partial charge in [0.15, 0.2) is 18.0 Å². The average molecular weight is 1100 g/mol. The van der Waals surface area contributed by atoms with Gasteiger partial charge in [0.1, 0.15) is 17.9 Å². The van der Waals surface area contributed by atoms with E-state index in [0.29, 0.717) is 76.0 Å². The normalized spacial score (nSPS) is 36.2. The van der Waals surface area contributed by atoms with Gasteiger partial charge < -0.3 is 43.5 Å². The van der Waals surface area contributed by atoms with E-state index in [4.69, 9.17) is 33.0 Å². The van der Waals surface area contributed by atoms with E-state index in [1.165, 1.54) is 12.0 Å². The van der Waals surface area contributed by atoms with Crippen LogP contribution in [0.15, 0.2) is 47.6 Å². The van der Waals surface area contributed by atoms with E-state index < -0.39 is 100.0 Å². The smallest absolute Gasteiger partial charge is 0.329 e. The van der Waals surface area contributed by atoms with Gasteiger partial charge in [-0.15, -0.1) is 0 Å². The van der Waals surface area contributed by atoms with Crippen molar-refractivity contribution in [3.63, 3.8) is 0 Å². The number of Topliss-reactive ketones (excluding diaryl/α,β-unsaturated/α-hetero) is 3. The standard InChI is InChI=1S/C55H86N2O14.CH4O3S/c1-33-18-14-13-15-19-34(2)45(66-10)30-41-23-21-39(7)55(65,71-41)52(62)53(63)57-25-17-16-20-42(57)54(64)69-46(36(4)28-40-22-24-43(58)47(29-40)67-11)31-44(59)35(3)27-38(6)50(70-48(60)32-56(8)9)51(68-12)49(61)37(5)26-33;1-5(2,3)4/h13-15,18-19,27,33,35-37,39-43,45-47,50-51,58,65H,16-17,20-26,28-32H2,1-12H3;1H3,(H,2,3,4)/b15-13+,18-14+,34-19-,38-27+;/t33?,35?,36?,37?,39?,40?,41?,42?,43?,45?,46?,47?,50?,51?,55-;/m0./s1. The predicted molar refractivity (Wildman–Crippen MR) is 285 cm³/mol. The molecule has 0 radical (unpaired) electrons. The highest BCUT2D eigenvalue weighted by molar-refractivity contribution is 7.85. The third-order valence-corrected chi connectivity index (χ3v) is 15.2. The molecule has 0 aromatic rings. The molecule has 2 saturated heterocycles. The van der Waals surface area contributed by atoms with Crippen molar-refractivity contribution in [3.8, 4) is 0 Å². The summed E-state index contributed by atoms with van der Waals surface area (Å²) in [5.74, 6) is -8.85. The molecule has 0 spiro atoms. The van der Waals surface area contributed by atoms with Crippen LogP contribution in [0, 0.1) is 35.5 Å². The summed E-state index contributed by atoms with van der Waals surface area (Å²) < 4.78 is 61.6. The number of ether oxygens (including phenoxy) is 6. The number of hydrogen-bond acceptors (Lipinski definition) is 17. The minimum Gasteiger partial charge on any atom is -0.460 e. The van der Waals surface area contributed by atoms with E-state index in [1.54, 1.807) is 60.1 Å². The molecular formula is C56H90N2O17S. The number of aliphatic hydroxyl groups excluding tert-OH is 1. The number of aliphatic hydroxyl groups is 2. The summed E-state index contributed by atoms with van der Waals surface area (Å²) in [4.78, 5) is 87.9. The summed E-state index contributed by atoms with van der Waals surface area (Å²) >= 11 is 0. The number of methoxy groups -OCH3 is 3. The van der Waals surface area contributed by atoms with E-state index in [9.17, 15) is 47.4 Å². The van der Waals surface area contributed by atoms with Crippen molar-refractivity contribution >= 4 is 45.3 Å². The predicted octanol–water partition coefficient (Wildman–Crippen LogP) is 5.80. The largest absolute Gasteiger partial charge is 0.460 e. The SMILES string of the molecule is COC1CC2CCC(C)[C@](O)(O2)C(=O)C(=O)N2CCCCC2C(=O)OC(C(C)CC2CCC(O)C(OC)C2)CC(=O)C(C)/C=C(\C)C(OC(=O)CN(C)C)C(OC)C(=O)C(C)CC(C)/C=C/C=C/C=C\1C.CS(=O)(=O)O. The Balaban J connectivity index is 0.00000290. The number of hydrogen-bond donors (Lipinski definition) is 3. The summed E-state index contributed by atoms with van der Waals surface area (Å²) in [5.41, 5.74) is 1.30. The Morgan fingerprint density at radius 2 is 1.55 bits per heavy atom. The highest BCUT2D eigenvalue weighted by Gasteiger charge is 2.53. The fourth-order valence-electron chi connectivity index (χ4n) is 10.7. The highest BCUT2D eigenvalue weighted by atomic mass is 32.2. The number of amides is 1. The van der Waals surface area contributed by atoms with Gasteiger partial charge in [0.2, 0.25) is 5.79 Å². The van der Waals surface area contributed by atoms with E-state index in [-0.39, 0.29) is 61.4 Å². The van der Waals surface area contributed by atoms with Crippen molar-refractivity contribution in [2.24, 2.45) is 35.5 Å². The molecule has 4 aliphatic rings. The van der Waals surface area contributed by atoms with Crippen molar-refractivity contribution < 1.29 is 80.4 Å². The lowest BCUT2D eigenvalue weighted by Gasteiger charge is -2.42. The fraction of sp³-hybridized carbons (Fsp3) is 0.750. The van der Waals surface area contributed by atoms with Gasteiger partial charge >= 0.3 is 11.9 Å². The van der Waals surface area contributed by atoms with Crippen molar-refractivity contribution in [2.75, 3.05) is 54.8 Å². The number of carbonyl (C=O) groups excluding carboxylic acids is 6. The summed E-state index contributed by atoms with van der Waals surface area (Å²) in [7, 11) is 4.31. The molecular weight excluding hydrogens is 1000 g/mol. The summed E-state index contributed by atoms with van der Waals surface area (Å²) in [6.45, 7) is 12.7. The molecule has 432 valence electrons. The minimum absolute atomic E-state index is 0.0246. The number of nitrogens with zero attached hydrogens (tertiary/aromatic N) is 2. The Morgan fingerprint density at radius 1 is 0.882 bits per heavy atom. The monoisotopic (exact) mass is 1090 g/mol. The topological polar surface area (TPSA) is 259 Å². The van der Waals surface area contributed by atoms with Gasteiger partial charge in [-0.05, 0) is 121 Å². The first kappa shape index (κ1) is 66.3. The molecule has 3 fully saturated rings. The van der Waals surface area contributed by atoms with Gasteiger partial charge in [-0.3, -0.25) is 33.4 Å². The van der Waals surface area contributed by atoms with E-state index in [2.05, 4.69) is 0 Å².